The average molecular weight is 721 g/mol. The fourth-order valence-corrected chi connectivity index (χ4v) is 11.1. The summed E-state index contributed by atoms with van der Waals surface area (Å²) in [6.07, 6.45) is 0. The van der Waals surface area contributed by atoms with Crippen molar-refractivity contribution in [3.63, 3.8) is 0 Å². The van der Waals surface area contributed by atoms with Crippen molar-refractivity contribution < 1.29 is 0 Å². The van der Waals surface area contributed by atoms with E-state index in [0.717, 1.165) is 0 Å². The van der Waals surface area contributed by atoms with Crippen LogP contribution < -0.4 is 109 Å². The summed E-state index contributed by atoms with van der Waals surface area (Å²) in [6, 6.07) is 9.22. The zero-order valence-electron chi connectivity index (χ0n) is 39.2. The average Bonchev–Trinajstić information content (AvgIpc) is 3.75. The molecule has 0 N–H and O–H groups in total. The molecule has 8 aromatic rings. The van der Waals surface area contributed by atoms with Gasteiger partial charge in [0.05, 0.1) is 5.69 Å². The topological polar surface area (TPSA) is 9.86 Å². The van der Waals surface area contributed by atoms with Crippen molar-refractivity contribution in [1.82, 2.24) is 9.13 Å². The van der Waals surface area contributed by atoms with Gasteiger partial charge in [-0.25, -0.2) is 0 Å². The van der Waals surface area contributed by atoms with Gasteiger partial charge in [0.1, 0.15) is 157 Å². The summed E-state index contributed by atoms with van der Waals surface area (Å²) in [5, 5.41) is 5.60. The first-order chi connectivity index (χ1) is 27.2. The Morgan fingerprint density at radius 2 is 0.552 bits per heavy atom. The van der Waals surface area contributed by atoms with Gasteiger partial charge < -0.3 is 9.13 Å². The summed E-state index contributed by atoms with van der Waals surface area (Å²) >= 11 is 0. The maximum absolute atomic E-state index is 2.72. The lowest BCUT2D eigenvalue weighted by molar-refractivity contribution is 1.19. The third-order valence-electron chi connectivity index (χ3n) is 16.2. The molecule has 0 fully saturated rings. The highest BCUT2D eigenvalue weighted by atomic mass is 15.0. The molecule has 258 valence electrons. The van der Waals surface area contributed by atoms with Crippen LogP contribution in [0.1, 0.15) is 0 Å². The number of benzene rings is 6. The van der Waals surface area contributed by atoms with Gasteiger partial charge in [0, 0.05) is 38.7 Å². The Kier molecular flexibility index (Phi) is 9.81. The van der Waals surface area contributed by atoms with E-state index < -0.39 is 0 Å². The molecule has 0 aliphatic heterocycles. The van der Waals surface area contributed by atoms with Crippen LogP contribution in [0.2, 0.25) is 0 Å². The largest absolute Gasteiger partial charge is 0.312 e. The van der Waals surface area contributed by atoms with E-state index in [0.29, 0.717) is 0 Å². The van der Waals surface area contributed by atoms with E-state index >= 15 is 0 Å². The normalized spacial score (nSPS) is 11.8. The minimum atomic E-state index is 1.25. The van der Waals surface area contributed by atoms with E-state index in [-0.39, 0.29) is 0 Å². The minimum Gasteiger partial charge on any atom is -0.312 e. The van der Waals surface area contributed by atoms with E-state index in [9.17, 15) is 0 Å². The second-order valence-corrected chi connectivity index (χ2v) is 18.3. The van der Waals surface area contributed by atoms with Crippen LogP contribution in [0.3, 0.4) is 0 Å². The molecule has 2 aromatic heterocycles. The van der Waals surface area contributed by atoms with Crippen LogP contribution in [-0.4, -0.2) is 166 Å². The lowest BCUT2D eigenvalue weighted by atomic mass is 9.59. The van der Waals surface area contributed by atoms with Gasteiger partial charge >= 0.3 is 0 Å². The number of hydrogen-bond acceptors (Lipinski definition) is 0. The van der Waals surface area contributed by atoms with Crippen molar-refractivity contribution in [3.8, 4) is 22.5 Å². The molecular formula is C36H44B20N2. The lowest BCUT2D eigenvalue weighted by Gasteiger charge is -2.25. The molecule has 2 heterocycles. The van der Waals surface area contributed by atoms with Crippen molar-refractivity contribution >= 4 is 310 Å². The van der Waals surface area contributed by atoms with Crippen LogP contribution in [-0.2, 0) is 0 Å². The van der Waals surface area contributed by atoms with Crippen molar-refractivity contribution in [3.05, 3.63) is 24.3 Å². The Labute approximate surface area is 363 Å². The Morgan fingerprint density at radius 3 is 0.966 bits per heavy atom. The molecule has 8 rings (SSSR count). The molecule has 0 spiro atoms. The van der Waals surface area contributed by atoms with Gasteiger partial charge in [-0.05, 0) is 27.8 Å². The first kappa shape index (κ1) is 41.0. The van der Waals surface area contributed by atoms with E-state index in [1.807, 2.05) is 0 Å². The van der Waals surface area contributed by atoms with E-state index in [1.165, 1.54) is 175 Å². The number of aromatic nitrogens is 2. The van der Waals surface area contributed by atoms with Gasteiger partial charge in [0.15, 0.2) is 0 Å². The highest BCUT2D eigenvalue weighted by molar-refractivity contribution is 6.74. The molecule has 58 heavy (non-hydrogen) atoms. The second kappa shape index (κ2) is 13.9. The summed E-state index contributed by atoms with van der Waals surface area (Å²) in [4.78, 5) is 0. The molecule has 0 aliphatic rings. The maximum atomic E-state index is 2.72. The second-order valence-electron chi connectivity index (χ2n) is 18.3. The predicted molar refractivity (Wildman–Crippen MR) is 324 cm³/mol. The molecule has 0 amide bonds. The summed E-state index contributed by atoms with van der Waals surface area (Å²) in [5.41, 5.74) is 38.3. The molecule has 2 nitrogen and oxygen atoms in total. The zero-order chi connectivity index (χ0) is 42.5. The Morgan fingerprint density at radius 1 is 0.259 bits per heavy atom. The van der Waals surface area contributed by atoms with Gasteiger partial charge in [-0.1, -0.05) is 94.7 Å². The van der Waals surface area contributed by atoms with Crippen molar-refractivity contribution in [2.45, 2.75) is 0 Å². The molecule has 0 saturated carbocycles. The Bertz CT molecular complexity index is 3130. The van der Waals surface area contributed by atoms with Gasteiger partial charge in [-0.3, -0.25) is 0 Å². The smallest absolute Gasteiger partial charge is 0.142 e. The zero-order valence-corrected chi connectivity index (χ0v) is 39.2. The van der Waals surface area contributed by atoms with Crippen molar-refractivity contribution in [2.75, 3.05) is 0 Å². The number of para-hydroxylation sites is 1. The van der Waals surface area contributed by atoms with Gasteiger partial charge in [0.25, 0.3) is 0 Å². The first-order valence-corrected chi connectivity index (χ1v) is 21.4. The molecule has 0 radical (unpaired) electrons. The summed E-state index contributed by atoms with van der Waals surface area (Å²) in [7, 11) is 46.9. The van der Waals surface area contributed by atoms with Gasteiger partial charge in [-0.2, -0.15) is 0 Å². The van der Waals surface area contributed by atoms with Crippen molar-refractivity contribution in [2.24, 2.45) is 0 Å². The van der Waals surface area contributed by atoms with Crippen molar-refractivity contribution in [1.29, 1.82) is 0 Å². The molecule has 6 aromatic carbocycles. The monoisotopic (exact) mass is 725 g/mol. The number of nitrogens with zero attached hydrogens (tertiary/aromatic N) is 2. The molecule has 0 bridgehead atoms. The van der Waals surface area contributed by atoms with Crippen LogP contribution in [0.15, 0.2) is 24.3 Å². The fourth-order valence-electron chi connectivity index (χ4n) is 11.1. The van der Waals surface area contributed by atoms with Crippen LogP contribution >= 0.6 is 0 Å². The first-order valence-electron chi connectivity index (χ1n) is 21.4. The molecule has 22 heteroatoms. The predicted octanol–water partition coefficient (Wildman–Crippen LogP) is -25.3. The highest BCUT2D eigenvalue weighted by Gasteiger charge is 2.29. The lowest BCUT2D eigenvalue weighted by Crippen LogP contribution is -2.55. The number of rotatable bonds is 3. The Balaban J connectivity index is 1.66. The van der Waals surface area contributed by atoms with Crippen LogP contribution in [0.25, 0.3) is 66.1 Å². The molecule has 0 unspecified atom stereocenters. The SMILES string of the molecule is Bc1c(B)c(B)c(-c2ccccc2-n2c3c(B)c(B)c(B)c(B)c3c3c(B)c(-n4c5c(B)c(B)c(B)c(B)c5c5c(B)c(B)c(B)c(B)c54)c(B)c(B)c32)c(B)c1B. The standard InChI is InChI=1S/C36H44B20N2/c37-12-7(13(38)19(44)23(48)18(12)43)5-3-1-2-4-6(5)57-32-10(16(41)22(47)24(49)27(32)52)11-17(42)36(31(56)30(55)33(11)57)58-34-8(14(39)20(45)25(50)28(34)53)9-15(40)21(46)26(51)29(54)35(9)58/h1-4H,37-56H2. The summed E-state index contributed by atoms with van der Waals surface area (Å²) < 4.78 is 5.39. The van der Waals surface area contributed by atoms with E-state index in [2.05, 4.69) is 190 Å². The fraction of sp³-hybridized carbons (Fsp3) is 0. The van der Waals surface area contributed by atoms with Crippen LogP contribution in [0, 0.1) is 0 Å². The number of hydrogen-bond donors (Lipinski definition) is 0. The molecular weight excluding hydrogens is 677 g/mol. The quantitative estimate of drug-likeness (QED) is 0.161. The third kappa shape index (κ3) is 5.14. The van der Waals surface area contributed by atoms with E-state index in [1.54, 1.807) is 0 Å². The molecule has 0 aliphatic carbocycles. The maximum Gasteiger partial charge on any atom is 0.142 e. The third-order valence-corrected chi connectivity index (χ3v) is 16.2. The Hall–Kier alpha value is -3.78. The summed E-state index contributed by atoms with van der Waals surface area (Å²) in [6.45, 7) is 0. The number of fused-ring (bicyclic) bond motifs is 6. The van der Waals surface area contributed by atoms with Gasteiger partial charge in [-0.15, -0.1) is 32.8 Å². The highest BCUT2D eigenvalue weighted by Crippen LogP contribution is 2.34. The minimum absolute atomic E-state index is 1.25. The molecule has 0 saturated heterocycles. The van der Waals surface area contributed by atoms with E-state index in [4.69, 9.17) is 0 Å². The van der Waals surface area contributed by atoms with Crippen LogP contribution in [0.5, 0.6) is 0 Å². The van der Waals surface area contributed by atoms with Gasteiger partial charge in [0.2, 0.25) is 0 Å². The van der Waals surface area contributed by atoms with Crippen LogP contribution in [0.4, 0.5) is 0 Å². The molecule has 0 atom stereocenters. The summed E-state index contributed by atoms with van der Waals surface area (Å²) in [5.74, 6) is 0.